The molecule has 0 atom stereocenters. The number of halogens is 3. The lowest BCUT2D eigenvalue weighted by Crippen LogP contribution is -2.44. The summed E-state index contributed by atoms with van der Waals surface area (Å²) in [5, 5.41) is 2.89. The first-order chi connectivity index (χ1) is 12.2. The molecule has 0 bridgehead atoms. The maximum Gasteiger partial charge on any atom is 0.416 e. The molecule has 0 unspecified atom stereocenters. The number of nitrogens with one attached hydrogen (secondary N) is 1. The summed E-state index contributed by atoms with van der Waals surface area (Å²) in [5.74, 6) is -0.438. The van der Waals surface area contributed by atoms with Gasteiger partial charge in [0, 0.05) is 37.7 Å². The minimum absolute atomic E-state index is 0.00604. The summed E-state index contributed by atoms with van der Waals surface area (Å²) in [6.07, 6.45) is -3.31. The Morgan fingerprint density at radius 2 is 1.73 bits per heavy atom. The summed E-state index contributed by atoms with van der Waals surface area (Å²) in [6, 6.07) is 4.23. The summed E-state index contributed by atoms with van der Waals surface area (Å²) >= 11 is 0. The zero-order valence-electron chi connectivity index (χ0n) is 15.0. The van der Waals surface area contributed by atoms with E-state index in [2.05, 4.69) is 5.32 Å². The number of piperidine rings is 1. The van der Waals surface area contributed by atoms with Crippen LogP contribution in [-0.2, 0) is 11.0 Å². The molecule has 1 N–H and O–H groups in total. The lowest BCUT2D eigenvalue weighted by Gasteiger charge is -2.31. The van der Waals surface area contributed by atoms with Gasteiger partial charge in [-0.25, -0.2) is 0 Å². The Hall–Kier alpha value is -2.09. The molecule has 1 aromatic rings. The zero-order valence-corrected chi connectivity index (χ0v) is 15.0. The Morgan fingerprint density at radius 1 is 1.15 bits per heavy atom. The van der Waals surface area contributed by atoms with Crippen LogP contribution in [0.5, 0.6) is 0 Å². The summed E-state index contributed by atoms with van der Waals surface area (Å²) in [5.41, 5.74) is -0.547. The van der Waals surface area contributed by atoms with Crippen LogP contribution < -0.4 is 5.32 Å². The van der Waals surface area contributed by atoms with Crippen molar-refractivity contribution < 1.29 is 22.8 Å². The molecule has 1 saturated heterocycles. The summed E-state index contributed by atoms with van der Waals surface area (Å²) < 4.78 is 37.8. The average molecular weight is 371 g/mol. The smallest absolute Gasteiger partial charge is 0.355 e. The molecule has 144 valence electrons. The maximum absolute atomic E-state index is 12.6. The number of hydrogen-bond donors (Lipinski definition) is 1. The van der Waals surface area contributed by atoms with Crippen LogP contribution in [0, 0.1) is 5.92 Å². The number of benzene rings is 1. The number of likely N-dealkylation sites (N-methyl/N-ethyl adjacent to an activating group) is 1. The molecule has 0 saturated carbocycles. The van der Waals surface area contributed by atoms with Gasteiger partial charge in [0.25, 0.3) is 5.91 Å². The van der Waals surface area contributed by atoms with Crippen LogP contribution >= 0.6 is 0 Å². The first kappa shape index (κ1) is 20.2. The van der Waals surface area contributed by atoms with E-state index in [-0.39, 0.29) is 23.3 Å². The fourth-order valence-corrected chi connectivity index (χ4v) is 2.88. The normalized spacial score (nSPS) is 16.0. The molecule has 1 fully saturated rings. The van der Waals surface area contributed by atoms with Crippen molar-refractivity contribution in [3.8, 4) is 0 Å². The van der Waals surface area contributed by atoms with Crippen molar-refractivity contribution in [2.24, 2.45) is 5.92 Å². The molecule has 26 heavy (non-hydrogen) atoms. The van der Waals surface area contributed by atoms with E-state index in [0.29, 0.717) is 32.5 Å². The molecule has 1 heterocycles. The number of carbonyl (C=O) groups excluding carboxylic acids is 2. The monoisotopic (exact) mass is 371 g/mol. The summed E-state index contributed by atoms with van der Waals surface area (Å²) in [4.78, 5) is 28.1. The Bertz CT molecular complexity index is 622. The average Bonchev–Trinajstić information content (AvgIpc) is 2.60. The number of likely N-dealkylation sites (tertiary alicyclic amines) is 1. The molecule has 0 spiro atoms. The van der Waals surface area contributed by atoms with Crippen LogP contribution in [-0.4, -0.2) is 61.9 Å². The van der Waals surface area contributed by atoms with Crippen molar-refractivity contribution in [1.82, 2.24) is 15.1 Å². The molecule has 1 aliphatic heterocycles. The third-order valence-corrected chi connectivity index (χ3v) is 4.47. The Morgan fingerprint density at radius 3 is 2.23 bits per heavy atom. The quantitative estimate of drug-likeness (QED) is 0.864. The number of nitrogens with zero attached hydrogens (tertiary/aromatic N) is 2. The fraction of sp³-hybridized carbons (Fsp3) is 0.556. The van der Waals surface area contributed by atoms with E-state index in [9.17, 15) is 22.8 Å². The zero-order chi connectivity index (χ0) is 19.3. The van der Waals surface area contributed by atoms with Crippen LogP contribution in [0.25, 0.3) is 0 Å². The number of carbonyl (C=O) groups is 2. The Kier molecular flexibility index (Phi) is 6.63. The van der Waals surface area contributed by atoms with Gasteiger partial charge in [-0.1, -0.05) is 0 Å². The summed E-state index contributed by atoms with van der Waals surface area (Å²) in [6.45, 7) is 2.19. The molecule has 0 radical (unpaired) electrons. The third kappa shape index (κ3) is 5.45. The molecule has 2 rings (SSSR count). The fourth-order valence-electron chi connectivity index (χ4n) is 2.88. The topological polar surface area (TPSA) is 52.7 Å². The molecule has 0 aromatic heterocycles. The molecule has 1 aromatic carbocycles. The largest absolute Gasteiger partial charge is 0.416 e. The van der Waals surface area contributed by atoms with Crippen molar-refractivity contribution in [2.75, 3.05) is 40.3 Å². The predicted octanol–water partition coefficient (Wildman–Crippen LogP) is 2.24. The van der Waals surface area contributed by atoms with Gasteiger partial charge in [-0.2, -0.15) is 13.2 Å². The highest BCUT2D eigenvalue weighted by molar-refractivity contribution is 5.94. The van der Waals surface area contributed by atoms with Crippen LogP contribution in [0.2, 0.25) is 0 Å². The predicted molar refractivity (Wildman–Crippen MR) is 91.6 cm³/mol. The van der Waals surface area contributed by atoms with E-state index in [1.54, 1.807) is 4.90 Å². The first-order valence-electron chi connectivity index (χ1n) is 8.57. The van der Waals surface area contributed by atoms with Crippen molar-refractivity contribution in [2.45, 2.75) is 19.0 Å². The number of rotatable bonds is 5. The van der Waals surface area contributed by atoms with Gasteiger partial charge < -0.3 is 15.1 Å². The van der Waals surface area contributed by atoms with Crippen molar-refractivity contribution >= 4 is 11.8 Å². The van der Waals surface area contributed by atoms with E-state index in [1.165, 1.54) is 12.1 Å². The minimum atomic E-state index is -4.42. The highest BCUT2D eigenvalue weighted by Crippen LogP contribution is 2.29. The molecular weight excluding hydrogens is 347 g/mol. The van der Waals surface area contributed by atoms with E-state index in [0.717, 1.165) is 18.7 Å². The molecular formula is C18H24F3N3O2. The maximum atomic E-state index is 12.6. The number of alkyl halides is 3. The molecule has 1 aliphatic rings. The number of amides is 2. The van der Waals surface area contributed by atoms with Crippen molar-refractivity contribution in [1.29, 1.82) is 0 Å². The lowest BCUT2D eigenvalue weighted by atomic mass is 9.95. The van der Waals surface area contributed by atoms with Crippen molar-refractivity contribution in [3.63, 3.8) is 0 Å². The van der Waals surface area contributed by atoms with Gasteiger partial charge in [0.1, 0.15) is 0 Å². The second kappa shape index (κ2) is 8.53. The van der Waals surface area contributed by atoms with Gasteiger partial charge in [-0.15, -0.1) is 0 Å². The molecule has 2 amide bonds. The van der Waals surface area contributed by atoms with Crippen LogP contribution in [0.3, 0.4) is 0 Å². The lowest BCUT2D eigenvalue weighted by molar-refractivity contribution is -0.137. The Balaban J connectivity index is 1.85. The van der Waals surface area contributed by atoms with Crippen LogP contribution in [0.4, 0.5) is 13.2 Å². The molecule has 8 heteroatoms. The van der Waals surface area contributed by atoms with Crippen LogP contribution in [0.15, 0.2) is 24.3 Å². The second-order valence-electron chi connectivity index (χ2n) is 6.74. The van der Waals surface area contributed by atoms with Crippen molar-refractivity contribution in [3.05, 3.63) is 35.4 Å². The SMILES string of the molecule is CN(C)CCNC(=O)C1CCN(C(=O)c2ccc(C(F)(F)F)cc2)CC1. The minimum Gasteiger partial charge on any atom is -0.355 e. The van der Waals surface area contributed by atoms with Crippen LogP contribution in [0.1, 0.15) is 28.8 Å². The van der Waals surface area contributed by atoms with E-state index in [1.807, 2.05) is 19.0 Å². The van der Waals surface area contributed by atoms with E-state index >= 15 is 0 Å². The van der Waals surface area contributed by atoms with Gasteiger partial charge >= 0.3 is 6.18 Å². The Labute approximate surface area is 151 Å². The highest BCUT2D eigenvalue weighted by Gasteiger charge is 2.31. The first-order valence-corrected chi connectivity index (χ1v) is 8.57. The van der Waals surface area contributed by atoms with E-state index < -0.39 is 11.7 Å². The van der Waals surface area contributed by atoms with E-state index in [4.69, 9.17) is 0 Å². The van der Waals surface area contributed by atoms with Gasteiger partial charge in [0.15, 0.2) is 0 Å². The van der Waals surface area contributed by atoms with Gasteiger partial charge in [0.05, 0.1) is 5.56 Å². The molecule has 5 nitrogen and oxygen atoms in total. The van der Waals surface area contributed by atoms with Gasteiger partial charge in [-0.3, -0.25) is 9.59 Å². The molecule has 0 aliphatic carbocycles. The third-order valence-electron chi connectivity index (χ3n) is 4.47. The number of hydrogen-bond acceptors (Lipinski definition) is 3. The van der Waals surface area contributed by atoms with Gasteiger partial charge in [0.2, 0.25) is 5.91 Å². The second-order valence-corrected chi connectivity index (χ2v) is 6.74. The highest BCUT2D eigenvalue weighted by atomic mass is 19.4. The standard InChI is InChI=1S/C18H24F3N3O2/c1-23(2)12-9-22-16(25)13-7-10-24(11-8-13)17(26)14-3-5-15(6-4-14)18(19,20)21/h3-6,13H,7-12H2,1-2H3,(H,22,25). The van der Waals surface area contributed by atoms with Gasteiger partial charge in [-0.05, 0) is 51.2 Å². The summed E-state index contributed by atoms with van der Waals surface area (Å²) in [7, 11) is 3.86.